The number of thiophene rings is 1. The molecule has 0 aliphatic heterocycles. The van der Waals surface area contributed by atoms with Crippen LogP contribution in [0.25, 0.3) is 0 Å². The van der Waals surface area contributed by atoms with E-state index in [1.54, 1.807) is 6.07 Å². The number of ketones is 1. The van der Waals surface area contributed by atoms with Crippen LogP contribution in [0, 0.1) is 5.82 Å². The molecular weight excluding hydrogens is 439 g/mol. The molecule has 1 heterocycles. The maximum atomic E-state index is 13.1. The van der Waals surface area contributed by atoms with E-state index in [0.717, 1.165) is 8.26 Å². The van der Waals surface area contributed by atoms with Gasteiger partial charge >= 0.3 is 0 Å². The first-order chi connectivity index (χ1) is 7.99. The van der Waals surface area contributed by atoms with Crippen molar-refractivity contribution >= 4 is 64.9 Å². The quantitative estimate of drug-likeness (QED) is 0.569. The molecule has 0 aliphatic carbocycles. The Bertz CT molecular complexity index is 575. The normalized spacial score (nSPS) is 10.6. The van der Waals surface area contributed by atoms with E-state index in [0.29, 0.717) is 10.4 Å². The van der Waals surface area contributed by atoms with Crippen LogP contribution < -0.4 is 0 Å². The van der Waals surface area contributed by atoms with Crippen LogP contribution in [-0.4, -0.2) is 5.78 Å². The first kappa shape index (κ1) is 13.4. The van der Waals surface area contributed by atoms with Gasteiger partial charge in [0, 0.05) is 10.0 Å². The summed E-state index contributed by atoms with van der Waals surface area (Å²) in [5.41, 5.74) is 0.458. The van der Waals surface area contributed by atoms with Crippen molar-refractivity contribution in [1.29, 1.82) is 0 Å². The first-order valence-electron chi connectivity index (χ1n) is 4.43. The Kier molecular flexibility index (Phi) is 4.18. The second-order valence-corrected chi connectivity index (χ2v) is 7.27. The van der Waals surface area contributed by atoms with Crippen molar-refractivity contribution in [2.45, 2.75) is 0 Å². The molecule has 0 fully saturated rings. The molecule has 0 N–H and O–H groups in total. The molecule has 0 aliphatic rings. The van der Waals surface area contributed by atoms with E-state index >= 15 is 0 Å². The monoisotopic (exact) mass is 440 g/mol. The van der Waals surface area contributed by atoms with Gasteiger partial charge in [-0.25, -0.2) is 4.39 Å². The van der Waals surface area contributed by atoms with Gasteiger partial charge in [0.1, 0.15) is 5.82 Å². The lowest BCUT2D eigenvalue weighted by molar-refractivity contribution is 0.104. The molecule has 17 heavy (non-hydrogen) atoms. The van der Waals surface area contributed by atoms with Crippen molar-refractivity contribution in [1.82, 2.24) is 0 Å². The van der Waals surface area contributed by atoms with Gasteiger partial charge in [-0.3, -0.25) is 4.79 Å². The van der Waals surface area contributed by atoms with Gasteiger partial charge in [-0.1, -0.05) is 0 Å². The van der Waals surface area contributed by atoms with Crippen LogP contribution in [-0.2, 0) is 0 Å². The second-order valence-electron chi connectivity index (χ2n) is 3.19. The molecule has 2 rings (SSSR count). The Hall–Kier alpha value is -0.0400. The Morgan fingerprint density at radius 2 is 1.82 bits per heavy atom. The van der Waals surface area contributed by atoms with E-state index in [1.807, 2.05) is 0 Å². The first-order valence-corrected chi connectivity index (χ1v) is 7.63. The molecule has 1 aromatic carbocycles. The summed E-state index contributed by atoms with van der Waals surface area (Å²) in [7, 11) is 0. The van der Waals surface area contributed by atoms with Crippen LogP contribution in [0.1, 0.15) is 15.2 Å². The topological polar surface area (TPSA) is 17.1 Å². The molecule has 0 amide bonds. The van der Waals surface area contributed by atoms with Crippen LogP contribution in [0.2, 0.25) is 0 Å². The zero-order valence-electron chi connectivity index (χ0n) is 8.14. The van der Waals surface area contributed by atoms with Crippen molar-refractivity contribution in [3.05, 3.63) is 53.3 Å². The fourth-order valence-electron chi connectivity index (χ4n) is 1.24. The van der Waals surface area contributed by atoms with Crippen LogP contribution >= 0.6 is 59.1 Å². The number of hydrogen-bond donors (Lipinski definition) is 0. The van der Waals surface area contributed by atoms with Gasteiger partial charge in [0.05, 0.1) is 13.1 Å². The summed E-state index contributed by atoms with van der Waals surface area (Å²) in [5, 5.41) is 0. The lowest BCUT2D eigenvalue weighted by Gasteiger charge is -1.99. The molecule has 0 spiro atoms. The van der Waals surface area contributed by atoms with E-state index in [9.17, 15) is 9.18 Å². The highest BCUT2D eigenvalue weighted by atomic mass is 79.9. The fraction of sp³-hybridized carbons (Fsp3) is 0. The minimum atomic E-state index is -0.380. The van der Waals surface area contributed by atoms with Crippen molar-refractivity contribution in [2.75, 3.05) is 0 Å². The standard InChI is InChI=1S/C11H4Br3FOS/c12-6-3-5(1-2-8(6)15)10(16)9-4-7(13)11(14)17-9/h1-4H. The largest absolute Gasteiger partial charge is 0.288 e. The Labute approximate surface area is 126 Å². The Balaban J connectivity index is 2.40. The third-order valence-corrected chi connectivity index (χ3v) is 5.91. The van der Waals surface area contributed by atoms with Gasteiger partial charge in [0.15, 0.2) is 0 Å². The number of hydrogen-bond acceptors (Lipinski definition) is 2. The van der Waals surface area contributed by atoms with E-state index in [1.165, 1.54) is 29.5 Å². The fourth-order valence-corrected chi connectivity index (χ4v) is 3.61. The summed E-state index contributed by atoms with van der Waals surface area (Å²) in [6.07, 6.45) is 0. The van der Waals surface area contributed by atoms with Crippen LogP contribution in [0.3, 0.4) is 0 Å². The van der Waals surface area contributed by atoms with Gasteiger partial charge in [-0.05, 0) is 72.1 Å². The third kappa shape index (κ3) is 2.86. The molecule has 0 saturated carbocycles. The molecule has 6 heteroatoms. The Morgan fingerprint density at radius 3 is 2.35 bits per heavy atom. The molecule has 88 valence electrons. The van der Waals surface area contributed by atoms with E-state index < -0.39 is 0 Å². The minimum absolute atomic E-state index is 0.123. The maximum absolute atomic E-state index is 13.1. The summed E-state index contributed by atoms with van der Waals surface area (Å²) in [5.74, 6) is -0.503. The summed E-state index contributed by atoms with van der Waals surface area (Å²) >= 11 is 11.1. The molecule has 0 radical (unpaired) electrons. The highest BCUT2D eigenvalue weighted by Gasteiger charge is 2.15. The number of rotatable bonds is 2. The zero-order chi connectivity index (χ0) is 12.6. The van der Waals surface area contributed by atoms with E-state index in [4.69, 9.17) is 0 Å². The summed E-state index contributed by atoms with van der Waals surface area (Å²) < 4.78 is 15.1. The number of carbonyl (C=O) groups is 1. The number of halogens is 4. The molecular formula is C11H4Br3FOS. The lowest BCUT2D eigenvalue weighted by Crippen LogP contribution is -1.98. The van der Waals surface area contributed by atoms with Crippen molar-refractivity contribution in [2.24, 2.45) is 0 Å². The molecule has 0 bridgehead atoms. The van der Waals surface area contributed by atoms with Gasteiger partial charge in [0.2, 0.25) is 5.78 Å². The van der Waals surface area contributed by atoms with Crippen molar-refractivity contribution < 1.29 is 9.18 Å². The number of benzene rings is 1. The predicted octanol–water partition coefficient (Wildman–Crippen LogP) is 5.41. The summed E-state index contributed by atoms with van der Waals surface area (Å²) in [6, 6.07) is 5.98. The smallest absolute Gasteiger partial charge is 0.203 e. The van der Waals surface area contributed by atoms with Crippen LogP contribution in [0.15, 0.2) is 37.0 Å². The lowest BCUT2D eigenvalue weighted by atomic mass is 10.1. The van der Waals surface area contributed by atoms with Gasteiger partial charge < -0.3 is 0 Å². The zero-order valence-corrected chi connectivity index (χ0v) is 13.7. The van der Waals surface area contributed by atoms with Crippen molar-refractivity contribution in [3.63, 3.8) is 0 Å². The second kappa shape index (κ2) is 5.30. The average molecular weight is 443 g/mol. The molecule has 0 unspecified atom stereocenters. The highest BCUT2D eigenvalue weighted by Crippen LogP contribution is 2.33. The molecule has 1 nitrogen and oxygen atoms in total. The van der Waals surface area contributed by atoms with E-state index in [-0.39, 0.29) is 16.1 Å². The van der Waals surface area contributed by atoms with E-state index in [2.05, 4.69) is 47.8 Å². The molecule has 0 atom stereocenters. The van der Waals surface area contributed by atoms with Crippen LogP contribution in [0.5, 0.6) is 0 Å². The van der Waals surface area contributed by atoms with Gasteiger partial charge in [0.25, 0.3) is 0 Å². The average Bonchev–Trinajstić information content (AvgIpc) is 2.62. The van der Waals surface area contributed by atoms with Crippen LogP contribution in [0.4, 0.5) is 4.39 Å². The van der Waals surface area contributed by atoms with Gasteiger partial charge in [-0.15, -0.1) is 11.3 Å². The van der Waals surface area contributed by atoms with Crippen molar-refractivity contribution in [3.8, 4) is 0 Å². The number of carbonyl (C=O) groups excluding carboxylic acids is 1. The highest BCUT2D eigenvalue weighted by molar-refractivity contribution is 9.13. The predicted molar refractivity (Wildman–Crippen MR) is 77.3 cm³/mol. The molecule has 2 aromatic rings. The third-order valence-electron chi connectivity index (χ3n) is 2.05. The minimum Gasteiger partial charge on any atom is -0.288 e. The SMILES string of the molecule is O=C(c1ccc(F)c(Br)c1)c1cc(Br)c(Br)s1. The molecule has 0 saturated heterocycles. The Morgan fingerprint density at radius 1 is 1.12 bits per heavy atom. The summed E-state index contributed by atoms with van der Waals surface area (Å²) in [4.78, 5) is 12.7. The summed E-state index contributed by atoms with van der Waals surface area (Å²) in [6.45, 7) is 0. The van der Waals surface area contributed by atoms with Gasteiger partial charge in [-0.2, -0.15) is 0 Å². The molecule has 1 aromatic heterocycles. The maximum Gasteiger partial charge on any atom is 0.203 e.